The van der Waals surface area contributed by atoms with E-state index in [0.717, 1.165) is 31.2 Å². The number of benzene rings is 1. The first-order chi connectivity index (χ1) is 11.9. The molecule has 1 heterocycles. The van der Waals surface area contributed by atoms with Crippen LogP contribution in [0.2, 0.25) is 0 Å². The van der Waals surface area contributed by atoms with Crippen molar-refractivity contribution < 1.29 is 5.11 Å². The maximum atomic E-state index is 10.5. The van der Waals surface area contributed by atoms with Gasteiger partial charge in [0.1, 0.15) is 12.0 Å². The van der Waals surface area contributed by atoms with Gasteiger partial charge < -0.3 is 24.7 Å². The fraction of sp³-hybridized carbons (Fsp3) is 0.500. The Bertz CT molecular complexity index is 599. The predicted octanol–water partition coefficient (Wildman–Crippen LogP) is 2.68. The summed E-state index contributed by atoms with van der Waals surface area (Å²) in [4.78, 5) is 8.75. The van der Waals surface area contributed by atoms with Crippen molar-refractivity contribution in [2.45, 2.75) is 39.1 Å². The molecule has 0 amide bonds. The van der Waals surface area contributed by atoms with Crippen LogP contribution in [-0.2, 0) is 6.54 Å². The lowest BCUT2D eigenvalue weighted by molar-refractivity contribution is 0.0106. The second kappa shape index (κ2) is 8.30. The molecule has 2 rings (SSSR count). The van der Waals surface area contributed by atoms with E-state index >= 15 is 0 Å². The van der Waals surface area contributed by atoms with Gasteiger partial charge in [0.05, 0.1) is 6.10 Å². The van der Waals surface area contributed by atoms with Crippen LogP contribution < -0.4 is 0 Å². The summed E-state index contributed by atoms with van der Waals surface area (Å²) in [6.07, 6.45) is 2.27. The van der Waals surface area contributed by atoms with E-state index in [1.807, 2.05) is 38.2 Å². The highest BCUT2D eigenvalue weighted by Gasteiger charge is 2.41. The molecule has 0 bridgehead atoms. The van der Waals surface area contributed by atoms with Gasteiger partial charge in [0, 0.05) is 34.2 Å². The average molecular weight is 345 g/mol. The van der Waals surface area contributed by atoms with Crippen molar-refractivity contribution >= 4 is 0 Å². The number of hydrogen-bond donors (Lipinski definition) is 1. The largest absolute Gasteiger partial charge is 0.389 e. The summed E-state index contributed by atoms with van der Waals surface area (Å²) in [5.74, 6) is 2.19. The lowest BCUT2D eigenvalue weighted by Crippen LogP contribution is -2.47. The van der Waals surface area contributed by atoms with E-state index in [1.165, 1.54) is 5.56 Å². The zero-order valence-corrected chi connectivity index (χ0v) is 16.2. The molecule has 5 nitrogen and oxygen atoms in total. The molecule has 2 unspecified atom stereocenters. The molecule has 1 N–H and O–H groups in total. The Morgan fingerprint density at radius 1 is 1.24 bits per heavy atom. The molecule has 25 heavy (non-hydrogen) atoms. The molecule has 5 heteroatoms. The van der Waals surface area contributed by atoms with Crippen LogP contribution in [0.25, 0.3) is 0 Å². The van der Waals surface area contributed by atoms with Crippen molar-refractivity contribution in [3.63, 3.8) is 0 Å². The van der Waals surface area contributed by atoms with E-state index in [2.05, 4.69) is 59.5 Å². The summed E-state index contributed by atoms with van der Waals surface area (Å²) >= 11 is 0. The monoisotopic (exact) mass is 344 g/mol. The Morgan fingerprint density at radius 2 is 1.88 bits per heavy atom. The number of hydrogen-bond acceptors (Lipinski definition) is 5. The minimum absolute atomic E-state index is 0.119. The Hall–Kier alpha value is -2.14. The van der Waals surface area contributed by atoms with Gasteiger partial charge in [0.2, 0.25) is 0 Å². The third-order valence-electron chi connectivity index (χ3n) is 4.68. The Kier molecular flexibility index (Phi) is 6.37. The lowest BCUT2D eigenvalue weighted by atomic mass is 10.2. The van der Waals surface area contributed by atoms with Gasteiger partial charge in [0.25, 0.3) is 0 Å². The van der Waals surface area contributed by atoms with Crippen molar-refractivity contribution in [3.8, 4) is 0 Å². The van der Waals surface area contributed by atoms with E-state index in [1.54, 1.807) is 0 Å². The van der Waals surface area contributed by atoms with Gasteiger partial charge in [-0.1, -0.05) is 43.8 Å². The molecular formula is C20H32N4O. The van der Waals surface area contributed by atoms with Crippen molar-refractivity contribution in [2.75, 3.05) is 27.7 Å². The molecule has 0 fully saturated rings. The first-order valence-electron chi connectivity index (χ1n) is 8.94. The molecule has 1 aromatic carbocycles. The zero-order valence-electron chi connectivity index (χ0n) is 16.2. The highest BCUT2D eigenvalue weighted by Crippen LogP contribution is 2.34. The van der Waals surface area contributed by atoms with Crippen LogP contribution in [0.5, 0.6) is 0 Å². The van der Waals surface area contributed by atoms with Crippen LogP contribution >= 0.6 is 0 Å². The lowest BCUT2D eigenvalue weighted by Gasteiger charge is -2.36. The number of nitrogens with zero attached hydrogens (tertiary/aromatic N) is 4. The van der Waals surface area contributed by atoms with Crippen LogP contribution in [0.4, 0.5) is 0 Å². The molecule has 1 aliphatic rings. The minimum Gasteiger partial charge on any atom is -0.389 e. The van der Waals surface area contributed by atoms with Crippen LogP contribution in [0.1, 0.15) is 25.8 Å². The van der Waals surface area contributed by atoms with Gasteiger partial charge in [-0.05, 0) is 25.1 Å². The number of aliphatic hydroxyl groups excluding tert-OH is 1. The van der Waals surface area contributed by atoms with E-state index < -0.39 is 6.10 Å². The molecule has 0 saturated carbocycles. The third kappa shape index (κ3) is 3.93. The predicted molar refractivity (Wildman–Crippen MR) is 103 cm³/mol. The van der Waals surface area contributed by atoms with E-state index in [-0.39, 0.29) is 6.17 Å². The highest BCUT2D eigenvalue weighted by atomic mass is 16.3. The Morgan fingerprint density at radius 3 is 2.40 bits per heavy atom. The van der Waals surface area contributed by atoms with Gasteiger partial charge in [-0.25, -0.2) is 0 Å². The summed E-state index contributed by atoms with van der Waals surface area (Å²) < 4.78 is 0. The maximum Gasteiger partial charge on any atom is 0.151 e. The summed E-state index contributed by atoms with van der Waals surface area (Å²) in [5.41, 5.74) is 1.23. The van der Waals surface area contributed by atoms with Gasteiger partial charge >= 0.3 is 0 Å². The quantitative estimate of drug-likeness (QED) is 0.784. The molecule has 0 radical (unpaired) electrons. The fourth-order valence-corrected chi connectivity index (χ4v) is 3.60. The van der Waals surface area contributed by atoms with Crippen molar-refractivity contribution in [1.82, 2.24) is 19.6 Å². The van der Waals surface area contributed by atoms with Crippen LogP contribution in [-0.4, -0.2) is 64.7 Å². The van der Waals surface area contributed by atoms with Gasteiger partial charge in [0.15, 0.2) is 5.82 Å². The van der Waals surface area contributed by atoms with E-state index in [4.69, 9.17) is 0 Å². The molecule has 138 valence electrons. The molecular weight excluding hydrogens is 312 g/mol. The fourth-order valence-electron chi connectivity index (χ4n) is 3.60. The molecule has 1 aliphatic heterocycles. The smallest absolute Gasteiger partial charge is 0.151 e. The van der Waals surface area contributed by atoms with Crippen molar-refractivity contribution in [3.05, 3.63) is 60.3 Å². The normalized spacial score (nSPS) is 18.6. The second-order valence-electron chi connectivity index (χ2n) is 6.74. The van der Waals surface area contributed by atoms with Crippen LogP contribution in [0, 0.1) is 0 Å². The molecule has 0 spiro atoms. The summed E-state index contributed by atoms with van der Waals surface area (Å²) in [7, 11) is 6.16. The maximum absolute atomic E-state index is 10.5. The first-order valence-corrected chi connectivity index (χ1v) is 8.94. The van der Waals surface area contributed by atoms with E-state index in [9.17, 15) is 5.11 Å². The van der Waals surface area contributed by atoms with Crippen molar-refractivity contribution in [2.24, 2.45) is 0 Å². The molecule has 0 saturated heterocycles. The van der Waals surface area contributed by atoms with Crippen molar-refractivity contribution in [1.29, 1.82) is 0 Å². The Labute approximate surface area is 152 Å². The van der Waals surface area contributed by atoms with Gasteiger partial charge in [-0.15, -0.1) is 0 Å². The zero-order chi connectivity index (χ0) is 18.6. The van der Waals surface area contributed by atoms with Crippen LogP contribution in [0.3, 0.4) is 0 Å². The summed E-state index contributed by atoms with van der Waals surface area (Å²) in [5, 5.41) is 10.5. The first kappa shape index (κ1) is 19.2. The minimum atomic E-state index is -0.491. The number of rotatable bonds is 8. The molecule has 0 aromatic heterocycles. The van der Waals surface area contributed by atoms with Gasteiger partial charge in [-0.2, -0.15) is 0 Å². The van der Waals surface area contributed by atoms with E-state index in [0.29, 0.717) is 0 Å². The molecule has 2 atom stereocenters. The highest BCUT2D eigenvalue weighted by molar-refractivity contribution is 5.23. The molecule has 1 aromatic rings. The number of likely N-dealkylation sites (N-methyl/N-ethyl adjacent to an activating group) is 1. The van der Waals surface area contributed by atoms with Gasteiger partial charge in [-0.3, -0.25) is 0 Å². The standard InChI is InChI=1S/C20H32N4O/c1-7-14-22(5)20-19(21(4)8-2)23(6)18(16(3)25)24(20)15-17-12-10-9-11-13-17/h8-13,16,18,25H,2,7,14-15H2,1,3-6H3. The Balaban J connectivity index is 2.50. The summed E-state index contributed by atoms with van der Waals surface area (Å²) in [6, 6.07) is 10.4. The second-order valence-corrected chi connectivity index (χ2v) is 6.74. The number of aliphatic hydroxyl groups is 1. The topological polar surface area (TPSA) is 33.2 Å². The SMILES string of the molecule is C=CN(C)C1=C(N(C)CCC)N(Cc2ccccc2)C(C(C)O)N1C. The molecule has 0 aliphatic carbocycles. The average Bonchev–Trinajstić information content (AvgIpc) is 2.87. The summed E-state index contributed by atoms with van der Waals surface area (Å²) in [6.45, 7) is 9.66. The third-order valence-corrected chi connectivity index (χ3v) is 4.68. The van der Waals surface area contributed by atoms with Crippen LogP contribution in [0.15, 0.2) is 54.8 Å².